The second-order valence-corrected chi connectivity index (χ2v) is 7.25. The fourth-order valence-corrected chi connectivity index (χ4v) is 4.25. The van der Waals surface area contributed by atoms with E-state index in [4.69, 9.17) is 4.98 Å². The highest BCUT2D eigenvalue weighted by Crippen LogP contribution is 2.30. The lowest BCUT2D eigenvalue weighted by atomic mass is 9.99. The standard InChI is InChI=1S/C17H22N4O2S/c1-18-15(22)9-19-16(23)11-21-8-4-5-12(10-21)17-20-13-6-2-3-7-14(13)24-17/h2-3,6-7,12H,4-5,8-11H2,1H3,(H,18,22)(H,19,23)/p+1/t12-/m0/s1. The number of thiazole rings is 1. The van der Waals surface area contributed by atoms with Gasteiger partial charge in [0.1, 0.15) is 5.01 Å². The van der Waals surface area contributed by atoms with Crippen LogP contribution in [0.4, 0.5) is 0 Å². The highest BCUT2D eigenvalue weighted by molar-refractivity contribution is 7.18. The Bertz CT molecular complexity index is 697. The van der Waals surface area contributed by atoms with Gasteiger partial charge < -0.3 is 15.5 Å². The van der Waals surface area contributed by atoms with Gasteiger partial charge in [0, 0.05) is 7.05 Å². The summed E-state index contributed by atoms with van der Waals surface area (Å²) >= 11 is 1.76. The van der Waals surface area contributed by atoms with Crippen molar-refractivity contribution in [1.82, 2.24) is 15.6 Å². The molecule has 1 unspecified atom stereocenters. The number of fused-ring (bicyclic) bond motifs is 1. The summed E-state index contributed by atoms with van der Waals surface area (Å²) < 4.78 is 1.22. The zero-order chi connectivity index (χ0) is 16.9. The number of hydrogen-bond donors (Lipinski definition) is 3. The molecule has 1 aliphatic heterocycles. The summed E-state index contributed by atoms with van der Waals surface area (Å²) in [5.74, 6) is 0.167. The summed E-state index contributed by atoms with van der Waals surface area (Å²) in [6.07, 6.45) is 2.22. The Kier molecular flexibility index (Phi) is 5.42. The Morgan fingerprint density at radius 1 is 1.33 bits per heavy atom. The molecule has 128 valence electrons. The highest BCUT2D eigenvalue weighted by atomic mass is 32.1. The van der Waals surface area contributed by atoms with Gasteiger partial charge >= 0.3 is 0 Å². The molecule has 2 amide bonds. The van der Waals surface area contributed by atoms with Crippen LogP contribution >= 0.6 is 11.3 Å². The molecule has 2 aromatic rings. The number of aromatic nitrogens is 1. The molecule has 1 saturated heterocycles. The van der Waals surface area contributed by atoms with Gasteiger partial charge in [-0.15, -0.1) is 11.3 Å². The first-order valence-electron chi connectivity index (χ1n) is 8.32. The van der Waals surface area contributed by atoms with Gasteiger partial charge in [-0.2, -0.15) is 0 Å². The minimum absolute atomic E-state index is 0.0455. The maximum Gasteiger partial charge on any atom is 0.275 e. The first-order chi connectivity index (χ1) is 11.7. The molecule has 2 atom stereocenters. The Labute approximate surface area is 145 Å². The minimum Gasteiger partial charge on any atom is -0.358 e. The number of nitrogens with zero attached hydrogens (tertiary/aromatic N) is 1. The van der Waals surface area contributed by atoms with Crippen LogP contribution in [0.2, 0.25) is 0 Å². The van der Waals surface area contributed by atoms with Gasteiger partial charge in [-0.25, -0.2) is 4.98 Å². The first-order valence-corrected chi connectivity index (χ1v) is 9.13. The fraction of sp³-hybridized carbons (Fsp3) is 0.471. The van der Waals surface area contributed by atoms with E-state index in [1.54, 1.807) is 18.4 Å². The molecule has 1 aliphatic rings. The lowest BCUT2D eigenvalue weighted by molar-refractivity contribution is -0.898. The smallest absolute Gasteiger partial charge is 0.275 e. The molecule has 0 radical (unpaired) electrons. The van der Waals surface area contributed by atoms with Crippen molar-refractivity contribution in [3.8, 4) is 0 Å². The predicted molar refractivity (Wildman–Crippen MR) is 94.2 cm³/mol. The van der Waals surface area contributed by atoms with Crippen molar-refractivity contribution in [2.24, 2.45) is 0 Å². The SMILES string of the molecule is CNC(=O)CNC(=O)C[NH+]1CCC[C@H](c2nc3ccccc3s2)C1. The molecule has 0 saturated carbocycles. The van der Waals surface area contributed by atoms with E-state index in [9.17, 15) is 9.59 Å². The summed E-state index contributed by atoms with van der Waals surface area (Å²) in [5.41, 5.74) is 1.06. The van der Waals surface area contributed by atoms with Crippen LogP contribution in [0.25, 0.3) is 10.2 Å². The molecule has 24 heavy (non-hydrogen) atoms. The second kappa shape index (κ2) is 7.72. The average Bonchev–Trinajstić information content (AvgIpc) is 3.04. The number of likely N-dealkylation sites (N-methyl/N-ethyl adjacent to an activating group) is 1. The van der Waals surface area contributed by atoms with Crippen molar-refractivity contribution >= 4 is 33.4 Å². The molecule has 1 fully saturated rings. The molecule has 7 heteroatoms. The van der Waals surface area contributed by atoms with Crippen LogP contribution in [0, 0.1) is 0 Å². The molecule has 1 aromatic heterocycles. The number of likely N-dealkylation sites (tertiary alicyclic amines) is 1. The number of quaternary nitrogens is 1. The summed E-state index contributed by atoms with van der Waals surface area (Å²) in [4.78, 5) is 29.2. The number of para-hydroxylation sites is 1. The Balaban J connectivity index is 1.58. The van der Waals surface area contributed by atoms with Crippen LogP contribution in [-0.4, -0.2) is 50.0 Å². The van der Waals surface area contributed by atoms with Gasteiger partial charge in [0.2, 0.25) is 5.91 Å². The summed E-state index contributed by atoms with van der Waals surface area (Å²) in [7, 11) is 1.56. The molecule has 0 aliphatic carbocycles. The molecular weight excluding hydrogens is 324 g/mol. The summed E-state index contributed by atoms with van der Waals surface area (Å²) in [6.45, 7) is 2.38. The third-order valence-corrected chi connectivity index (χ3v) is 5.61. The van der Waals surface area contributed by atoms with Crippen molar-refractivity contribution in [2.45, 2.75) is 18.8 Å². The van der Waals surface area contributed by atoms with E-state index in [0.717, 1.165) is 31.4 Å². The number of carbonyl (C=O) groups excluding carboxylic acids is 2. The number of nitrogens with one attached hydrogen (secondary N) is 3. The van der Waals surface area contributed by atoms with Crippen LogP contribution in [0.1, 0.15) is 23.8 Å². The quantitative estimate of drug-likeness (QED) is 0.708. The molecule has 3 rings (SSSR count). The number of hydrogen-bond acceptors (Lipinski definition) is 4. The Morgan fingerprint density at radius 3 is 2.96 bits per heavy atom. The van der Waals surface area contributed by atoms with Gasteiger partial charge in [0.15, 0.2) is 6.54 Å². The normalized spacial score (nSPS) is 20.7. The topological polar surface area (TPSA) is 75.5 Å². The van der Waals surface area contributed by atoms with E-state index in [2.05, 4.69) is 22.8 Å². The molecule has 3 N–H and O–H groups in total. The molecule has 1 aromatic carbocycles. The second-order valence-electron chi connectivity index (χ2n) is 6.19. The minimum atomic E-state index is -0.177. The molecule has 0 spiro atoms. The summed E-state index contributed by atoms with van der Waals surface area (Å²) in [6, 6.07) is 8.21. The zero-order valence-electron chi connectivity index (χ0n) is 13.8. The lowest BCUT2D eigenvalue weighted by Crippen LogP contribution is -3.14. The zero-order valence-corrected chi connectivity index (χ0v) is 14.6. The van der Waals surface area contributed by atoms with E-state index in [-0.39, 0.29) is 18.4 Å². The van der Waals surface area contributed by atoms with Crippen LogP contribution in [0.5, 0.6) is 0 Å². The molecular formula is C17H23N4O2S+. The maximum atomic E-state index is 12.0. The van der Waals surface area contributed by atoms with Crippen molar-refractivity contribution in [1.29, 1.82) is 0 Å². The highest BCUT2D eigenvalue weighted by Gasteiger charge is 2.28. The van der Waals surface area contributed by atoms with E-state index < -0.39 is 0 Å². The molecule has 6 nitrogen and oxygen atoms in total. The lowest BCUT2D eigenvalue weighted by Gasteiger charge is -2.28. The van der Waals surface area contributed by atoms with Crippen molar-refractivity contribution in [3.63, 3.8) is 0 Å². The van der Waals surface area contributed by atoms with Gasteiger partial charge in [-0.1, -0.05) is 12.1 Å². The van der Waals surface area contributed by atoms with Crippen LogP contribution in [-0.2, 0) is 9.59 Å². The van der Waals surface area contributed by atoms with Crippen molar-refractivity contribution in [2.75, 3.05) is 33.2 Å². The largest absolute Gasteiger partial charge is 0.358 e. The fourth-order valence-electron chi connectivity index (χ4n) is 3.14. The maximum absolute atomic E-state index is 12.0. The van der Waals surface area contributed by atoms with Crippen molar-refractivity contribution in [3.05, 3.63) is 29.3 Å². The van der Waals surface area contributed by atoms with Gasteiger partial charge in [-0.3, -0.25) is 9.59 Å². The third kappa shape index (κ3) is 4.10. The van der Waals surface area contributed by atoms with Crippen LogP contribution < -0.4 is 15.5 Å². The third-order valence-electron chi connectivity index (χ3n) is 4.41. The van der Waals surface area contributed by atoms with E-state index in [1.807, 2.05) is 12.1 Å². The Hall–Kier alpha value is -1.99. The van der Waals surface area contributed by atoms with E-state index >= 15 is 0 Å². The monoisotopic (exact) mass is 347 g/mol. The van der Waals surface area contributed by atoms with E-state index in [0.29, 0.717) is 12.5 Å². The van der Waals surface area contributed by atoms with Crippen LogP contribution in [0.3, 0.4) is 0 Å². The Morgan fingerprint density at radius 2 is 2.17 bits per heavy atom. The first kappa shape index (κ1) is 16.9. The van der Waals surface area contributed by atoms with E-state index in [1.165, 1.54) is 14.6 Å². The van der Waals surface area contributed by atoms with Crippen molar-refractivity contribution < 1.29 is 14.5 Å². The number of rotatable bonds is 5. The van der Waals surface area contributed by atoms with Gasteiger partial charge in [0.05, 0.1) is 35.8 Å². The summed E-state index contributed by atoms with van der Waals surface area (Å²) in [5, 5.41) is 6.35. The molecule has 0 bridgehead atoms. The average molecular weight is 347 g/mol. The van der Waals surface area contributed by atoms with Crippen LogP contribution in [0.15, 0.2) is 24.3 Å². The number of piperidine rings is 1. The number of amides is 2. The molecule has 2 heterocycles. The predicted octanol–water partition coefficient (Wildman–Crippen LogP) is -0.0792. The number of benzene rings is 1. The van der Waals surface area contributed by atoms with Gasteiger partial charge in [-0.05, 0) is 25.0 Å². The number of carbonyl (C=O) groups is 2. The van der Waals surface area contributed by atoms with Gasteiger partial charge in [0.25, 0.3) is 5.91 Å².